The normalized spacial score (nSPS) is 18.9. The van der Waals surface area contributed by atoms with Crippen LogP contribution in [-0.2, 0) is 6.42 Å². The standard InChI is InChI=1S/C15H25NS2/c1-2-16-14(10-13-8-9-17-11-13)12-18-15-6-4-3-5-7-15/h8-9,11,14-16H,2-7,10,12H2,1H3. The van der Waals surface area contributed by atoms with Gasteiger partial charge in [0.25, 0.3) is 0 Å². The largest absolute Gasteiger partial charge is 0.313 e. The first-order chi connectivity index (χ1) is 8.88. The molecule has 0 spiro atoms. The molecule has 1 saturated carbocycles. The van der Waals surface area contributed by atoms with Crippen molar-refractivity contribution in [3.05, 3.63) is 22.4 Å². The molecular weight excluding hydrogens is 258 g/mol. The monoisotopic (exact) mass is 283 g/mol. The summed E-state index contributed by atoms with van der Waals surface area (Å²) in [5.74, 6) is 1.27. The zero-order valence-corrected chi connectivity index (χ0v) is 13.0. The van der Waals surface area contributed by atoms with Crippen molar-refractivity contribution in [2.24, 2.45) is 0 Å². The predicted octanol–water partition coefficient (Wildman–Crippen LogP) is 4.33. The maximum atomic E-state index is 3.64. The van der Waals surface area contributed by atoms with Crippen molar-refractivity contribution < 1.29 is 0 Å². The van der Waals surface area contributed by atoms with Gasteiger partial charge in [0.1, 0.15) is 0 Å². The Bertz CT molecular complexity index is 304. The molecule has 2 rings (SSSR count). The highest BCUT2D eigenvalue weighted by molar-refractivity contribution is 7.99. The van der Waals surface area contributed by atoms with Gasteiger partial charge in [-0.15, -0.1) is 0 Å². The Balaban J connectivity index is 1.74. The van der Waals surface area contributed by atoms with E-state index in [0.717, 1.165) is 11.8 Å². The number of rotatable bonds is 7. The molecule has 1 nitrogen and oxygen atoms in total. The average Bonchev–Trinajstić information content (AvgIpc) is 2.90. The fraction of sp³-hybridized carbons (Fsp3) is 0.733. The predicted molar refractivity (Wildman–Crippen MR) is 84.8 cm³/mol. The summed E-state index contributed by atoms with van der Waals surface area (Å²) in [5, 5.41) is 9.05. The highest BCUT2D eigenvalue weighted by atomic mass is 32.2. The van der Waals surface area contributed by atoms with Gasteiger partial charge in [-0.2, -0.15) is 23.1 Å². The van der Waals surface area contributed by atoms with Gasteiger partial charge in [0.15, 0.2) is 0 Å². The number of likely N-dealkylation sites (N-methyl/N-ethyl adjacent to an activating group) is 1. The molecule has 0 radical (unpaired) electrons. The third kappa shape index (κ3) is 4.94. The molecule has 1 aliphatic rings. The maximum Gasteiger partial charge on any atom is 0.0198 e. The van der Waals surface area contributed by atoms with Crippen molar-refractivity contribution in [3.63, 3.8) is 0 Å². The summed E-state index contributed by atoms with van der Waals surface area (Å²) >= 11 is 4.02. The summed E-state index contributed by atoms with van der Waals surface area (Å²) in [6, 6.07) is 2.91. The van der Waals surface area contributed by atoms with Crippen LogP contribution < -0.4 is 5.32 Å². The lowest BCUT2D eigenvalue weighted by atomic mass is 10.0. The Morgan fingerprint density at radius 2 is 2.22 bits per heavy atom. The van der Waals surface area contributed by atoms with E-state index in [0.29, 0.717) is 6.04 Å². The highest BCUT2D eigenvalue weighted by Gasteiger charge is 2.16. The topological polar surface area (TPSA) is 12.0 Å². The van der Waals surface area contributed by atoms with Crippen molar-refractivity contribution in [3.8, 4) is 0 Å². The SMILES string of the molecule is CCNC(CSC1CCCCC1)Cc1ccsc1. The molecule has 1 atom stereocenters. The summed E-state index contributed by atoms with van der Waals surface area (Å²) in [6.45, 7) is 3.30. The average molecular weight is 284 g/mol. The van der Waals surface area contributed by atoms with Gasteiger partial charge in [-0.05, 0) is 48.2 Å². The highest BCUT2D eigenvalue weighted by Crippen LogP contribution is 2.28. The third-order valence-corrected chi connectivity index (χ3v) is 5.91. The molecule has 0 saturated heterocycles. The molecule has 18 heavy (non-hydrogen) atoms. The van der Waals surface area contributed by atoms with Gasteiger partial charge < -0.3 is 5.32 Å². The van der Waals surface area contributed by atoms with Crippen LogP contribution in [0, 0.1) is 0 Å². The molecule has 3 heteroatoms. The zero-order chi connectivity index (χ0) is 12.6. The summed E-state index contributed by atoms with van der Waals surface area (Å²) in [5.41, 5.74) is 1.50. The summed E-state index contributed by atoms with van der Waals surface area (Å²) in [6.07, 6.45) is 8.45. The fourth-order valence-electron chi connectivity index (χ4n) is 2.66. The molecule has 0 aromatic carbocycles. The molecule has 1 aliphatic carbocycles. The van der Waals surface area contributed by atoms with E-state index in [4.69, 9.17) is 0 Å². The number of nitrogens with one attached hydrogen (secondary N) is 1. The Morgan fingerprint density at radius 3 is 2.89 bits per heavy atom. The Morgan fingerprint density at radius 1 is 1.39 bits per heavy atom. The van der Waals surface area contributed by atoms with E-state index in [1.54, 1.807) is 0 Å². The zero-order valence-electron chi connectivity index (χ0n) is 11.4. The molecule has 1 aromatic heterocycles. The van der Waals surface area contributed by atoms with Crippen LogP contribution in [0.25, 0.3) is 0 Å². The Hall–Kier alpha value is 0.01000. The summed E-state index contributed by atoms with van der Waals surface area (Å²) in [7, 11) is 0. The molecule has 1 fully saturated rings. The van der Waals surface area contributed by atoms with E-state index in [-0.39, 0.29) is 0 Å². The van der Waals surface area contributed by atoms with Crippen LogP contribution in [0.4, 0.5) is 0 Å². The Labute approximate surface area is 120 Å². The molecule has 0 aliphatic heterocycles. The molecule has 1 N–H and O–H groups in total. The molecular formula is C15H25NS2. The second-order valence-corrected chi connectivity index (χ2v) is 7.30. The summed E-state index contributed by atoms with van der Waals surface area (Å²) < 4.78 is 0. The second kappa shape index (κ2) is 8.23. The van der Waals surface area contributed by atoms with Gasteiger partial charge in [0, 0.05) is 17.0 Å². The maximum absolute atomic E-state index is 3.64. The lowest BCUT2D eigenvalue weighted by Gasteiger charge is -2.24. The van der Waals surface area contributed by atoms with E-state index >= 15 is 0 Å². The van der Waals surface area contributed by atoms with Gasteiger partial charge in [-0.1, -0.05) is 26.2 Å². The van der Waals surface area contributed by atoms with Crippen LogP contribution in [0.5, 0.6) is 0 Å². The van der Waals surface area contributed by atoms with Crippen molar-refractivity contribution >= 4 is 23.1 Å². The quantitative estimate of drug-likeness (QED) is 0.799. The number of thiophene rings is 1. The van der Waals surface area contributed by atoms with E-state index in [9.17, 15) is 0 Å². The number of hydrogen-bond acceptors (Lipinski definition) is 3. The van der Waals surface area contributed by atoms with E-state index in [1.807, 2.05) is 11.3 Å². The molecule has 0 bridgehead atoms. The lowest BCUT2D eigenvalue weighted by molar-refractivity contribution is 0.513. The van der Waals surface area contributed by atoms with Crippen LogP contribution in [0.3, 0.4) is 0 Å². The molecule has 102 valence electrons. The minimum atomic E-state index is 0.650. The van der Waals surface area contributed by atoms with Crippen LogP contribution in [-0.4, -0.2) is 23.6 Å². The first-order valence-corrected chi connectivity index (χ1v) is 9.23. The number of thioether (sulfide) groups is 1. The van der Waals surface area contributed by atoms with Crippen molar-refractivity contribution in [2.45, 2.75) is 56.7 Å². The lowest BCUT2D eigenvalue weighted by Crippen LogP contribution is -2.34. The smallest absolute Gasteiger partial charge is 0.0198 e. The van der Waals surface area contributed by atoms with Gasteiger partial charge in [0.2, 0.25) is 0 Å². The van der Waals surface area contributed by atoms with Crippen LogP contribution >= 0.6 is 23.1 Å². The first kappa shape index (κ1) is 14.4. The van der Waals surface area contributed by atoms with E-state index in [2.05, 4.69) is 40.8 Å². The van der Waals surface area contributed by atoms with Crippen molar-refractivity contribution in [1.82, 2.24) is 5.32 Å². The van der Waals surface area contributed by atoms with Crippen LogP contribution in [0.1, 0.15) is 44.6 Å². The first-order valence-electron chi connectivity index (χ1n) is 7.24. The van der Waals surface area contributed by atoms with Crippen LogP contribution in [0.15, 0.2) is 16.8 Å². The van der Waals surface area contributed by atoms with Gasteiger partial charge in [0.05, 0.1) is 0 Å². The van der Waals surface area contributed by atoms with E-state index < -0.39 is 0 Å². The van der Waals surface area contributed by atoms with Gasteiger partial charge in [-0.3, -0.25) is 0 Å². The minimum absolute atomic E-state index is 0.650. The van der Waals surface area contributed by atoms with Crippen molar-refractivity contribution in [1.29, 1.82) is 0 Å². The minimum Gasteiger partial charge on any atom is -0.313 e. The van der Waals surface area contributed by atoms with Crippen molar-refractivity contribution in [2.75, 3.05) is 12.3 Å². The number of hydrogen-bond donors (Lipinski definition) is 1. The Kier molecular flexibility index (Phi) is 6.60. The van der Waals surface area contributed by atoms with Gasteiger partial charge in [-0.25, -0.2) is 0 Å². The molecule has 1 heterocycles. The van der Waals surface area contributed by atoms with Crippen LogP contribution in [0.2, 0.25) is 0 Å². The third-order valence-electron chi connectivity index (χ3n) is 3.64. The molecule has 1 unspecified atom stereocenters. The molecule has 0 amide bonds. The fourth-order valence-corrected chi connectivity index (χ4v) is 4.74. The van der Waals surface area contributed by atoms with E-state index in [1.165, 1.54) is 49.8 Å². The molecule has 1 aromatic rings. The van der Waals surface area contributed by atoms with Gasteiger partial charge >= 0.3 is 0 Å². The second-order valence-electron chi connectivity index (χ2n) is 5.18. The summed E-state index contributed by atoms with van der Waals surface area (Å²) in [4.78, 5) is 0.